The summed E-state index contributed by atoms with van der Waals surface area (Å²) < 4.78 is 5.33. The van der Waals surface area contributed by atoms with Crippen LogP contribution in [0.5, 0.6) is 0 Å². The normalized spacial score (nSPS) is 17.8. The maximum absolute atomic E-state index is 9.62. The fraction of sp³-hybridized carbons (Fsp3) is 0.538. The molecule has 1 heterocycles. The molecule has 1 atom stereocenters. The molecule has 1 aromatic rings. The van der Waals surface area contributed by atoms with E-state index < -0.39 is 6.10 Å². The molecule has 1 aliphatic heterocycles. The summed E-state index contributed by atoms with van der Waals surface area (Å²) in [5, 5.41) is 9.62. The van der Waals surface area contributed by atoms with E-state index in [0.29, 0.717) is 6.42 Å². The van der Waals surface area contributed by atoms with Gasteiger partial charge in [0.05, 0.1) is 30.7 Å². The van der Waals surface area contributed by atoms with Gasteiger partial charge in [0.15, 0.2) is 0 Å². The molecular formula is C13H21N3O2. The van der Waals surface area contributed by atoms with E-state index in [2.05, 4.69) is 4.90 Å². The van der Waals surface area contributed by atoms with Gasteiger partial charge in [0.25, 0.3) is 0 Å². The minimum Gasteiger partial charge on any atom is -0.397 e. The van der Waals surface area contributed by atoms with E-state index in [4.69, 9.17) is 16.2 Å². The third-order valence-electron chi connectivity index (χ3n) is 3.25. The van der Waals surface area contributed by atoms with Gasteiger partial charge >= 0.3 is 0 Å². The summed E-state index contributed by atoms with van der Waals surface area (Å²) in [6.45, 7) is 3.42. The Morgan fingerprint density at radius 1 is 1.33 bits per heavy atom. The number of hydrogen-bond donors (Lipinski definition) is 3. The van der Waals surface area contributed by atoms with Crippen LogP contribution in [0.1, 0.15) is 5.56 Å². The van der Waals surface area contributed by atoms with Gasteiger partial charge in [0, 0.05) is 26.1 Å². The number of para-hydroxylation sites is 1. The summed E-state index contributed by atoms with van der Waals surface area (Å²) in [5.41, 5.74) is 14.3. The molecule has 0 amide bonds. The van der Waals surface area contributed by atoms with Crippen LogP contribution in [0, 0.1) is 0 Å². The number of aliphatic hydroxyl groups is 1. The van der Waals surface area contributed by atoms with Gasteiger partial charge in [-0.2, -0.15) is 0 Å². The largest absolute Gasteiger partial charge is 0.397 e. The topological polar surface area (TPSA) is 84.7 Å². The second-order valence-corrected chi connectivity index (χ2v) is 4.54. The van der Waals surface area contributed by atoms with Gasteiger partial charge in [-0.05, 0) is 11.6 Å². The zero-order valence-corrected chi connectivity index (χ0v) is 10.5. The first kappa shape index (κ1) is 13.1. The van der Waals surface area contributed by atoms with E-state index in [1.54, 1.807) is 0 Å². The van der Waals surface area contributed by atoms with Crippen molar-refractivity contribution in [1.29, 1.82) is 0 Å². The fourth-order valence-electron chi connectivity index (χ4n) is 2.19. The Morgan fingerprint density at radius 3 is 2.72 bits per heavy atom. The van der Waals surface area contributed by atoms with Crippen molar-refractivity contribution in [3.05, 3.63) is 23.8 Å². The highest BCUT2D eigenvalue weighted by molar-refractivity contribution is 5.71. The number of hydrogen-bond acceptors (Lipinski definition) is 5. The zero-order valence-electron chi connectivity index (χ0n) is 10.5. The van der Waals surface area contributed by atoms with E-state index in [1.807, 2.05) is 18.2 Å². The molecule has 1 aromatic carbocycles. The minimum absolute atomic E-state index is 0.251. The Balaban J connectivity index is 2.18. The summed E-state index contributed by atoms with van der Waals surface area (Å²) in [5.74, 6) is 0. The first-order chi connectivity index (χ1) is 8.72. The lowest BCUT2D eigenvalue weighted by atomic mass is 10.0. The van der Waals surface area contributed by atoms with Crippen molar-refractivity contribution in [3.63, 3.8) is 0 Å². The number of nitrogens with two attached hydrogens (primary N) is 2. The standard InChI is InChI=1S/C13H21N3O2/c14-9-11(17)8-10-2-1-3-12(13(10)15)16-4-6-18-7-5-16/h1-3,11,17H,4-9,14-15H2. The number of rotatable bonds is 4. The fourth-order valence-corrected chi connectivity index (χ4v) is 2.19. The van der Waals surface area contributed by atoms with Crippen LogP contribution < -0.4 is 16.4 Å². The molecule has 100 valence electrons. The summed E-state index contributed by atoms with van der Waals surface area (Å²) in [6, 6.07) is 5.93. The van der Waals surface area contributed by atoms with Crippen molar-refractivity contribution in [3.8, 4) is 0 Å². The monoisotopic (exact) mass is 251 g/mol. The third kappa shape index (κ3) is 2.93. The van der Waals surface area contributed by atoms with Gasteiger partial charge in [-0.15, -0.1) is 0 Å². The van der Waals surface area contributed by atoms with E-state index >= 15 is 0 Å². The van der Waals surface area contributed by atoms with Gasteiger partial charge < -0.3 is 26.2 Å². The predicted octanol–water partition coefficient (Wildman–Crippen LogP) is -0.0325. The number of ether oxygens (including phenoxy) is 1. The first-order valence-electron chi connectivity index (χ1n) is 6.30. The first-order valence-corrected chi connectivity index (χ1v) is 6.30. The molecule has 1 fully saturated rings. The highest BCUT2D eigenvalue weighted by atomic mass is 16.5. The molecule has 1 saturated heterocycles. The lowest BCUT2D eigenvalue weighted by molar-refractivity contribution is 0.123. The molecule has 18 heavy (non-hydrogen) atoms. The number of nitrogens with zero attached hydrogens (tertiary/aromatic N) is 1. The van der Waals surface area contributed by atoms with E-state index in [9.17, 15) is 5.11 Å². The molecule has 5 heteroatoms. The van der Waals surface area contributed by atoms with Gasteiger partial charge in [-0.3, -0.25) is 0 Å². The maximum Gasteiger partial charge on any atom is 0.0703 e. The van der Waals surface area contributed by atoms with Crippen LogP contribution in [0.2, 0.25) is 0 Å². The highest BCUT2D eigenvalue weighted by Crippen LogP contribution is 2.28. The van der Waals surface area contributed by atoms with E-state index in [0.717, 1.165) is 43.2 Å². The van der Waals surface area contributed by atoms with Crippen LogP contribution in [0.25, 0.3) is 0 Å². The Labute approximate surface area is 107 Å². The minimum atomic E-state index is -0.535. The highest BCUT2D eigenvalue weighted by Gasteiger charge is 2.16. The van der Waals surface area contributed by atoms with Crippen molar-refractivity contribution in [2.75, 3.05) is 43.5 Å². The SMILES string of the molecule is NCC(O)Cc1cccc(N2CCOCC2)c1N. The molecule has 0 aromatic heterocycles. The molecule has 2 rings (SSSR count). The number of benzene rings is 1. The molecule has 0 radical (unpaired) electrons. The molecule has 5 nitrogen and oxygen atoms in total. The summed E-state index contributed by atoms with van der Waals surface area (Å²) in [6.07, 6.45) is -0.0345. The smallest absolute Gasteiger partial charge is 0.0703 e. The molecule has 1 aliphatic rings. The van der Waals surface area contributed by atoms with Crippen molar-refractivity contribution >= 4 is 11.4 Å². The second kappa shape index (κ2) is 6.04. The van der Waals surface area contributed by atoms with Gasteiger partial charge in [0.2, 0.25) is 0 Å². The Kier molecular flexibility index (Phi) is 4.41. The molecule has 0 aliphatic carbocycles. The molecule has 0 saturated carbocycles. The van der Waals surface area contributed by atoms with Crippen LogP contribution in [-0.4, -0.2) is 44.1 Å². The number of aliphatic hydroxyl groups excluding tert-OH is 1. The van der Waals surface area contributed by atoms with Crippen molar-refractivity contribution in [2.45, 2.75) is 12.5 Å². The number of nitrogen functional groups attached to an aromatic ring is 1. The number of morpholine rings is 1. The average molecular weight is 251 g/mol. The quantitative estimate of drug-likeness (QED) is 0.654. The third-order valence-corrected chi connectivity index (χ3v) is 3.25. The number of anilines is 2. The van der Waals surface area contributed by atoms with E-state index in [1.165, 1.54) is 0 Å². The van der Waals surface area contributed by atoms with Crippen LogP contribution in [0.3, 0.4) is 0 Å². The molecule has 5 N–H and O–H groups in total. The average Bonchev–Trinajstić information content (AvgIpc) is 2.42. The summed E-state index contributed by atoms with van der Waals surface area (Å²) >= 11 is 0. The van der Waals surface area contributed by atoms with Crippen molar-refractivity contribution in [1.82, 2.24) is 0 Å². The van der Waals surface area contributed by atoms with Crippen molar-refractivity contribution in [2.24, 2.45) is 5.73 Å². The molecule has 0 bridgehead atoms. The second-order valence-electron chi connectivity index (χ2n) is 4.54. The lowest BCUT2D eigenvalue weighted by Crippen LogP contribution is -2.36. The lowest BCUT2D eigenvalue weighted by Gasteiger charge is -2.30. The summed E-state index contributed by atoms with van der Waals surface area (Å²) in [7, 11) is 0. The van der Waals surface area contributed by atoms with Crippen LogP contribution in [0.4, 0.5) is 11.4 Å². The van der Waals surface area contributed by atoms with Crippen LogP contribution >= 0.6 is 0 Å². The van der Waals surface area contributed by atoms with Gasteiger partial charge in [-0.25, -0.2) is 0 Å². The Bertz CT molecular complexity index is 392. The molecular weight excluding hydrogens is 230 g/mol. The summed E-state index contributed by atoms with van der Waals surface area (Å²) in [4.78, 5) is 2.22. The molecule has 1 unspecified atom stereocenters. The van der Waals surface area contributed by atoms with Gasteiger partial charge in [0.1, 0.15) is 0 Å². The predicted molar refractivity (Wildman–Crippen MR) is 72.7 cm³/mol. The molecule has 0 spiro atoms. The van der Waals surface area contributed by atoms with Crippen LogP contribution in [0.15, 0.2) is 18.2 Å². The van der Waals surface area contributed by atoms with Gasteiger partial charge in [-0.1, -0.05) is 12.1 Å². The Hall–Kier alpha value is -1.30. The van der Waals surface area contributed by atoms with Crippen molar-refractivity contribution < 1.29 is 9.84 Å². The Morgan fingerprint density at radius 2 is 2.06 bits per heavy atom. The van der Waals surface area contributed by atoms with E-state index in [-0.39, 0.29) is 6.54 Å². The van der Waals surface area contributed by atoms with Crippen LogP contribution in [-0.2, 0) is 11.2 Å². The maximum atomic E-state index is 9.62. The zero-order chi connectivity index (χ0) is 13.0.